The van der Waals surface area contributed by atoms with Gasteiger partial charge in [0.1, 0.15) is 11.0 Å². The van der Waals surface area contributed by atoms with E-state index in [2.05, 4.69) is 13.8 Å². The van der Waals surface area contributed by atoms with Crippen molar-refractivity contribution in [2.75, 3.05) is 13.2 Å². The third-order valence-corrected chi connectivity index (χ3v) is 4.13. The first-order valence-electron chi connectivity index (χ1n) is 6.52. The molecule has 3 heteroatoms. The van der Waals surface area contributed by atoms with E-state index in [4.69, 9.17) is 9.47 Å². The van der Waals surface area contributed by atoms with Gasteiger partial charge in [0.05, 0.1) is 13.2 Å². The molecular weight excluding hydrogens is 204 g/mol. The van der Waals surface area contributed by atoms with Crippen molar-refractivity contribution in [1.82, 2.24) is 0 Å². The Morgan fingerprint density at radius 1 is 1.25 bits per heavy atom. The second-order valence-corrected chi connectivity index (χ2v) is 5.10. The van der Waals surface area contributed by atoms with Crippen LogP contribution in [0.1, 0.15) is 52.4 Å². The summed E-state index contributed by atoms with van der Waals surface area (Å²) in [6.07, 6.45) is 6.06. The monoisotopic (exact) mass is 226 g/mol. The van der Waals surface area contributed by atoms with Crippen LogP contribution in [0.25, 0.3) is 0 Å². The summed E-state index contributed by atoms with van der Waals surface area (Å²) >= 11 is 0. The number of epoxide rings is 1. The van der Waals surface area contributed by atoms with E-state index in [1.54, 1.807) is 0 Å². The molecule has 16 heavy (non-hydrogen) atoms. The molecule has 2 unspecified atom stereocenters. The number of cyclic esters (lactones) is 1. The topological polar surface area (TPSA) is 38.8 Å². The molecule has 2 heterocycles. The summed E-state index contributed by atoms with van der Waals surface area (Å²) in [6, 6.07) is 0. The Kier molecular flexibility index (Phi) is 3.24. The minimum Gasteiger partial charge on any atom is -0.465 e. The fourth-order valence-corrected chi connectivity index (χ4v) is 3.06. The summed E-state index contributed by atoms with van der Waals surface area (Å²) in [4.78, 5) is 12.1. The molecule has 2 aliphatic rings. The summed E-state index contributed by atoms with van der Waals surface area (Å²) in [7, 11) is 0. The third-order valence-electron chi connectivity index (χ3n) is 4.13. The van der Waals surface area contributed by atoms with Crippen molar-refractivity contribution in [1.29, 1.82) is 0 Å². The molecule has 2 saturated heterocycles. The third kappa shape index (κ3) is 1.65. The molecule has 0 radical (unpaired) electrons. The number of unbranched alkanes of at least 4 members (excludes halogenated alkanes) is 1. The average molecular weight is 226 g/mol. The standard InChI is InChI=1S/C13H22O3/c1-3-5-7-12(8-9-15-11(12)14)13(6-4-2)10-16-13/h3-10H2,1-2H3. The van der Waals surface area contributed by atoms with Crippen LogP contribution in [0.2, 0.25) is 0 Å². The highest BCUT2D eigenvalue weighted by Crippen LogP contribution is 2.55. The summed E-state index contributed by atoms with van der Waals surface area (Å²) in [5, 5.41) is 0. The maximum absolute atomic E-state index is 12.1. The van der Waals surface area contributed by atoms with Crippen LogP contribution in [0, 0.1) is 5.41 Å². The van der Waals surface area contributed by atoms with E-state index < -0.39 is 0 Å². The fourth-order valence-electron chi connectivity index (χ4n) is 3.06. The lowest BCUT2D eigenvalue weighted by molar-refractivity contribution is -0.150. The van der Waals surface area contributed by atoms with Crippen LogP contribution >= 0.6 is 0 Å². The van der Waals surface area contributed by atoms with Crippen molar-refractivity contribution in [2.45, 2.75) is 58.0 Å². The number of rotatable bonds is 6. The highest BCUT2D eigenvalue weighted by molar-refractivity contribution is 5.81. The number of hydrogen-bond acceptors (Lipinski definition) is 3. The molecule has 3 nitrogen and oxygen atoms in total. The second-order valence-electron chi connectivity index (χ2n) is 5.10. The van der Waals surface area contributed by atoms with E-state index >= 15 is 0 Å². The zero-order chi connectivity index (χ0) is 11.6. The number of carbonyl (C=O) groups is 1. The van der Waals surface area contributed by atoms with Gasteiger partial charge < -0.3 is 9.47 Å². The molecule has 0 N–H and O–H groups in total. The fraction of sp³-hybridized carbons (Fsp3) is 0.923. The van der Waals surface area contributed by atoms with Crippen molar-refractivity contribution in [3.8, 4) is 0 Å². The minimum atomic E-state index is -0.320. The Hall–Kier alpha value is -0.570. The van der Waals surface area contributed by atoms with Gasteiger partial charge in [0.2, 0.25) is 0 Å². The minimum absolute atomic E-state index is 0.00750. The van der Waals surface area contributed by atoms with Gasteiger partial charge in [-0.1, -0.05) is 33.1 Å². The number of ether oxygens (including phenoxy) is 2. The summed E-state index contributed by atoms with van der Waals surface area (Å²) in [6.45, 7) is 5.64. The van der Waals surface area contributed by atoms with E-state index in [-0.39, 0.29) is 17.0 Å². The highest BCUT2D eigenvalue weighted by atomic mass is 16.6. The number of hydrogen-bond donors (Lipinski definition) is 0. The van der Waals surface area contributed by atoms with Crippen LogP contribution in [0.4, 0.5) is 0 Å². The molecule has 0 spiro atoms. The van der Waals surface area contributed by atoms with Gasteiger partial charge in [0, 0.05) is 6.42 Å². The molecule has 0 aliphatic carbocycles. The average Bonchev–Trinajstić information content (AvgIpc) is 2.96. The van der Waals surface area contributed by atoms with Crippen LogP contribution in [-0.2, 0) is 14.3 Å². The van der Waals surface area contributed by atoms with E-state index in [1.165, 1.54) is 0 Å². The van der Waals surface area contributed by atoms with Gasteiger partial charge in [0.25, 0.3) is 0 Å². The van der Waals surface area contributed by atoms with Gasteiger partial charge in [-0.2, -0.15) is 0 Å². The van der Waals surface area contributed by atoms with Crippen molar-refractivity contribution < 1.29 is 14.3 Å². The second kappa shape index (κ2) is 4.36. The molecule has 0 bridgehead atoms. The van der Waals surface area contributed by atoms with Crippen molar-refractivity contribution >= 4 is 5.97 Å². The molecule has 2 fully saturated rings. The first-order chi connectivity index (χ1) is 7.71. The Morgan fingerprint density at radius 3 is 2.44 bits per heavy atom. The number of esters is 1. The molecule has 0 aromatic heterocycles. The normalized spacial score (nSPS) is 37.5. The molecule has 0 aromatic carbocycles. The molecule has 0 saturated carbocycles. The molecule has 92 valence electrons. The SMILES string of the molecule is CCCCC1(C2(CCC)CO2)CCOC1=O. The molecule has 2 atom stereocenters. The molecule has 0 amide bonds. The highest BCUT2D eigenvalue weighted by Gasteiger charge is 2.66. The Bertz CT molecular complexity index is 270. The zero-order valence-electron chi connectivity index (χ0n) is 10.4. The van der Waals surface area contributed by atoms with Gasteiger partial charge >= 0.3 is 5.97 Å². The predicted octanol–water partition coefficient (Wildman–Crippen LogP) is 2.68. The largest absolute Gasteiger partial charge is 0.465 e. The van der Waals surface area contributed by atoms with E-state index in [9.17, 15) is 4.79 Å². The van der Waals surface area contributed by atoms with Crippen molar-refractivity contribution in [2.24, 2.45) is 5.41 Å². The van der Waals surface area contributed by atoms with E-state index in [0.29, 0.717) is 6.61 Å². The van der Waals surface area contributed by atoms with E-state index in [1.807, 2.05) is 0 Å². The Morgan fingerprint density at radius 2 is 2.00 bits per heavy atom. The lowest BCUT2D eigenvalue weighted by atomic mass is 9.69. The van der Waals surface area contributed by atoms with Gasteiger partial charge in [-0.3, -0.25) is 4.79 Å². The molecule has 0 aromatic rings. The smallest absolute Gasteiger partial charge is 0.315 e. The first-order valence-corrected chi connectivity index (χ1v) is 6.52. The summed E-state index contributed by atoms with van der Waals surface area (Å²) in [5.41, 5.74) is -0.497. The lowest BCUT2D eigenvalue weighted by Gasteiger charge is -2.31. The molecular formula is C13H22O3. The van der Waals surface area contributed by atoms with E-state index in [0.717, 1.165) is 45.1 Å². The predicted molar refractivity (Wildman–Crippen MR) is 61.1 cm³/mol. The van der Waals surface area contributed by atoms with Gasteiger partial charge in [0.15, 0.2) is 0 Å². The molecule has 2 rings (SSSR count). The van der Waals surface area contributed by atoms with Crippen LogP contribution < -0.4 is 0 Å². The number of carbonyl (C=O) groups excluding carboxylic acids is 1. The van der Waals surface area contributed by atoms with Gasteiger partial charge in [-0.15, -0.1) is 0 Å². The quantitative estimate of drug-likeness (QED) is 0.516. The van der Waals surface area contributed by atoms with Crippen molar-refractivity contribution in [3.05, 3.63) is 0 Å². The maximum Gasteiger partial charge on any atom is 0.315 e. The summed E-state index contributed by atoms with van der Waals surface area (Å²) < 4.78 is 10.9. The van der Waals surface area contributed by atoms with Gasteiger partial charge in [-0.05, 0) is 12.8 Å². The van der Waals surface area contributed by atoms with Gasteiger partial charge in [-0.25, -0.2) is 0 Å². The van der Waals surface area contributed by atoms with Crippen molar-refractivity contribution in [3.63, 3.8) is 0 Å². The Labute approximate surface area is 97.5 Å². The zero-order valence-corrected chi connectivity index (χ0v) is 10.4. The van der Waals surface area contributed by atoms with Crippen LogP contribution in [0.15, 0.2) is 0 Å². The molecule has 2 aliphatic heterocycles. The van der Waals surface area contributed by atoms with Crippen LogP contribution in [0.5, 0.6) is 0 Å². The summed E-state index contributed by atoms with van der Waals surface area (Å²) in [5.74, 6) is -0.00750. The van der Waals surface area contributed by atoms with Crippen LogP contribution in [-0.4, -0.2) is 24.8 Å². The van der Waals surface area contributed by atoms with Crippen LogP contribution in [0.3, 0.4) is 0 Å². The Balaban J connectivity index is 2.17. The maximum atomic E-state index is 12.1. The first kappa shape index (κ1) is 11.9. The lowest BCUT2D eigenvalue weighted by Crippen LogP contribution is -2.42.